The summed E-state index contributed by atoms with van der Waals surface area (Å²) in [5.41, 5.74) is 0.0405. The Labute approximate surface area is 190 Å². The van der Waals surface area contributed by atoms with Crippen molar-refractivity contribution >= 4 is 64.0 Å². The van der Waals surface area contributed by atoms with E-state index in [9.17, 15) is 14.4 Å². The van der Waals surface area contributed by atoms with E-state index in [0.717, 1.165) is 10.2 Å². The lowest BCUT2D eigenvalue weighted by molar-refractivity contribution is 0.0967. The smallest absolute Gasteiger partial charge is 0.305 e. The largest absolute Gasteiger partial charge is 0.326 e. The molecule has 0 bridgehead atoms. The molecule has 3 aromatic rings. The first-order valence-corrected chi connectivity index (χ1v) is 9.84. The Morgan fingerprint density at radius 1 is 0.967 bits per heavy atom. The van der Waals surface area contributed by atoms with Gasteiger partial charge in [-0.2, -0.15) is 5.10 Å². The van der Waals surface area contributed by atoms with Gasteiger partial charge in [0.05, 0.1) is 34.0 Å². The molecule has 0 atom stereocenters. The Morgan fingerprint density at radius 3 is 2.23 bits per heavy atom. The number of nitrogens with zero attached hydrogens (tertiary/aromatic N) is 2. The zero-order chi connectivity index (χ0) is 21.8. The second-order valence-corrected chi connectivity index (χ2v) is 7.60. The van der Waals surface area contributed by atoms with Crippen LogP contribution in [0.5, 0.6) is 0 Å². The highest BCUT2D eigenvalue weighted by Gasteiger charge is 2.18. The quantitative estimate of drug-likeness (QED) is 0.551. The summed E-state index contributed by atoms with van der Waals surface area (Å²) >= 11 is 23.8. The SMILES string of the molecule is O=C(NC(=O)c1c(Cl)cccc1Cl)Nc1cnn(Cc2ccc(Cl)cc2)c(=O)c1Cl. The molecule has 0 spiro atoms. The van der Waals surface area contributed by atoms with Crippen molar-refractivity contribution in [1.82, 2.24) is 15.1 Å². The van der Waals surface area contributed by atoms with E-state index < -0.39 is 17.5 Å². The lowest BCUT2D eigenvalue weighted by Crippen LogP contribution is -2.35. The third-order valence-corrected chi connectivity index (χ3v) is 5.14. The summed E-state index contributed by atoms with van der Waals surface area (Å²) in [7, 11) is 0. The molecule has 0 unspecified atom stereocenters. The number of benzene rings is 2. The Bertz CT molecular complexity index is 1160. The van der Waals surface area contributed by atoms with Crippen molar-refractivity contribution in [2.75, 3.05) is 5.32 Å². The number of anilines is 1. The first-order chi connectivity index (χ1) is 14.3. The second kappa shape index (κ2) is 9.49. The maximum Gasteiger partial charge on any atom is 0.326 e. The van der Waals surface area contributed by atoms with Gasteiger partial charge in [0.1, 0.15) is 5.02 Å². The van der Waals surface area contributed by atoms with Crippen LogP contribution >= 0.6 is 46.4 Å². The van der Waals surface area contributed by atoms with Gasteiger partial charge in [0.25, 0.3) is 11.5 Å². The number of hydrogen-bond donors (Lipinski definition) is 2. The molecule has 7 nitrogen and oxygen atoms in total. The molecule has 3 amide bonds. The molecule has 1 heterocycles. The van der Waals surface area contributed by atoms with Gasteiger partial charge in [-0.25, -0.2) is 9.48 Å². The number of aromatic nitrogens is 2. The van der Waals surface area contributed by atoms with Crippen LogP contribution in [0.2, 0.25) is 20.1 Å². The number of urea groups is 1. The van der Waals surface area contributed by atoms with E-state index in [2.05, 4.69) is 15.7 Å². The Balaban J connectivity index is 1.73. The summed E-state index contributed by atoms with van der Waals surface area (Å²) in [4.78, 5) is 36.9. The molecule has 154 valence electrons. The van der Waals surface area contributed by atoms with Crippen LogP contribution in [-0.4, -0.2) is 21.7 Å². The Morgan fingerprint density at radius 2 is 1.60 bits per heavy atom. The van der Waals surface area contributed by atoms with Gasteiger partial charge in [0.2, 0.25) is 0 Å². The maximum atomic E-state index is 12.4. The minimum Gasteiger partial charge on any atom is -0.305 e. The van der Waals surface area contributed by atoms with Crippen LogP contribution < -0.4 is 16.2 Å². The lowest BCUT2D eigenvalue weighted by Gasteiger charge is -2.11. The van der Waals surface area contributed by atoms with Crippen molar-refractivity contribution in [2.45, 2.75) is 6.54 Å². The van der Waals surface area contributed by atoms with Crippen LogP contribution in [0.3, 0.4) is 0 Å². The summed E-state index contributed by atoms with van der Waals surface area (Å²) in [6.07, 6.45) is 1.20. The molecule has 11 heteroatoms. The van der Waals surface area contributed by atoms with Crippen molar-refractivity contribution in [3.05, 3.63) is 90.2 Å². The first-order valence-electron chi connectivity index (χ1n) is 8.32. The third-order valence-electron chi connectivity index (χ3n) is 3.90. The average molecular weight is 486 g/mol. The maximum absolute atomic E-state index is 12.4. The van der Waals surface area contributed by atoms with Crippen molar-refractivity contribution in [3.8, 4) is 0 Å². The minimum absolute atomic E-state index is 0.0569. The van der Waals surface area contributed by atoms with Crippen LogP contribution in [0.25, 0.3) is 0 Å². The molecule has 30 heavy (non-hydrogen) atoms. The predicted molar refractivity (Wildman–Crippen MR) is 117 cm³/mol. The number of carbonyl (C=O) groups is 2. The van der Waals surface area contributed by atoms with Gasteiger partial charge >= 0.3 is 6.03 Å². The van der Waals surface area contributed by atoms with Gasteiger partial charge in [-0.1, -0.05) is 64.6 Å². The molecular weight excluding hydrogens is 474 g/mol. The molecule has 0 aliphatic carbocycles. The van der Waals surface area contributed by atoms with Crippen LogP contribution in [0.1, 0.15) is 15.9 Å². The highest BCUT2D eigenvalue weighted by atomic mass is 35.5. The normalized spacial score (nSPS) is 10.5. The summed E-state index contributed by atoms with van der Waals surface area (Å²) in [6, 6.07) is 10.4. The average Bonchev–Trinajstić information content (AvgIpc) is 2.69. The monoisotopic (exact) mass is 484 g/mol. The van der Waals surface area contributed by atoms with E-state index in [1.54, 1.807) is 30.3 Å². The number of imide groups is 1. The van der Waals surface area contributed by atoms with Gasteiger partial charge in [0.15, 0.2) is 0 Å². The Kier molecular flexibility index (Phi) is 6.99. The van der Waals surface area contributed by atoms with Crippen molar-refractivity contribution in [3.63, 3.8) is 0 Å². The molecule has 0 saturated carbocycles. The van der Waals surface area contributed by atoms with Crippen molar-refractivity contribution in [1.29, 1.82) is 0 Å². The van der Waals surface area contributed by atoms with E-state index in [4.69, 9.17) is 46.4 Å². The fourth-order valence-corrected chi connectivity index (χ4v) is 3.35. The van der Waals surface area contributed by atoms with Crippen LogP contribution in [0.15, 0.2) is 53.5 Å². The molecular formula is C19H12Cl4N4O3. The topological polar surface area (TPSA) is 93.1 Å². The fraction of sp³-hybridized carbons (Fsp3) is 0.0526. The van der Waals surface area contributed by atoms with Crippen LogP contribution in [0, 0.1) is 0 Å². The Hall–Kier alpha value is -2.58. The highest BCUT2D eigenvalue weighted by molar-refractivity contribution is 6.40. The van der Waals surface area contributed by atoms with Gasteiger partial charge in [-0.3, -0.25) is 14.9 Å². The number of halogens is 4. The lowest BCUT2D eigenvalue weighted by atomic mass is 10.2. The molecule has 2 N–H and O–H groups in total. The minimum atomic E-state index is -0.936. The van der Waals surface area contributed by atoms with E-state index in [1.165, 1.54) is 18.3 Å². The number of nitrogens with one attached hydrogen (secondary N) is 2. The molecule has 0 aliphatic rings. The van der Waals surface area contributed by atoms with Crippen LogP contribution in [-0.2, 0) is 6.54 Å². The second-order valence-electron chi connectivity index (χ2n) is 5.97. The standard InChI is InChI=1S/C19H12Cl4N4O3/c20-11-6-4-10(5-7-11)9-27-18(29)16(23)14(8-24-27)25-19(30)26-17(28)15-12(21)2-1-3-13(15)22/h1-8H,9H2,(H2,25,26,28,30). The van der Waals surface area contributed by atoms with Gasteiger partial charge in [-0.05, 0) is 29.8 Å². The zero-order valence-corrected chi connectivity index (χ0v) is 18.0. The molecule has 0 fully saturated rings. The molecule has 2 aromatic carbocycles. The van der Waals surface area contributed by atoms with E-state index in [0.29, 0.717) is 5.02 Å². The molecule has 0 saturated heterocycles. The van der Waals surface area contributed by atoms with Gasteiger partial charge in [0, 0.05) is 5.02 Å². The van der Waals surface area contributed by atoms with E-state index >= 15 is 0 Å². The summed E-state index contributed by atoms with van der Waals surface area (Å²) in [5, 5.41) is 8.83. The van der Waals surface area contributed by atoms with Gasteiger partial charge in [-0.15, -0.1) is 0 Å². The molecule has 3 rings (SSSR count). The zero-order valence-electron chi connectivity index (χ0n) is 15.0. The number of rotatable bonds is 4. The van der Waals surface area contributed by atoms with E-state index in [1.807, 2.05) is 0 Å². The fourth-order valence-electron chi connectivity index (χ4n) is 2.46. The molecule has 0 radical (unpaired) electrons. The van der Waals surface area contributed by atoms with Crippen LogP contribution in [0.4, 0.5) is 10.5 Å². The summed E-state index contributed by atoms with van der Waals surface area (Å²) in [5.74, 6) is -0.816. The van der Waals surface area contributed by atoms with Crippen molar-refractivity contribution < 1.29 is 9.59 Å². The van der Waals surface area contributed by atoms with Crippen molar-refractivity contribution in [2.24, 2.45) is 0 Å². The van der Waals surface area contributed by atoms with Gasteiger partial charge < -0.3 is 5.32 Å². The number of carbonyl (C=O) groups excluding carboxylic acids is 2. The highest BCUT2D eigenvalue weighted by Crippen LogP contribution is 2.24. The molecule has 1 aromatic heterocycles. The van der Waals surface area contributed by atoms with E-state index in [-0.39, 0.29) is 32.9 Å². The third kappa shape index (κ3) is 5.12. The number of hydrogen-bond acceptors (Lipinski definition) is 4. The molecule has 0 aliphatic heterocycles. The summed E-state index contributed by atoms with van der Waals surface area (Å²) < 4.78 is 1.13. The summed E-state index contributed by atoms with van der Waals surface area (Å²) in [6.45, 7) is 0.158. The predicted octanol–water partition coefficient (Wildman–Crippen LogP) is 4.87. The number of amides is 3. The first kappa shape index (κ1) is 22.1.